The van der Waals surface area contributed by atoms with Gasteiger partial charge in [0.15, 0.2) is 5.03 Å². The number of nitrogens with zero attached hydrogens (tertiary/aromatic N) is 1. The molecule has 3 rings (SSSR count). The van der Waals surface area contributed by atoms with Crippen LogP contribution in [-0.2, 0) is 16.6 Å². The summed E-state index contributed by atoms with van der Waals surface area (Å²) in [7, 11) is -3.58. The van der Waals surface area contributed by atoms with E-state index >= 15 is 0 Å². The normalized spacial score (nSPS) is 15.2. The van der Waals surface area contributed by atoms with Gasteiger partial charge < -0.3 is 10.3 Å². The molecule has 0 radical (unpaired) electrons. The Morgan fingerprint density at radius 2 is 2.00 bits per heavy atom. The smallest absolute Gasteiger partial charge is 0.278 e. The molecule has 1 aromatic carbocycles. The second kappa shape index (κ2) is 5.26. The zero-order valence-electron chi connectivity index (χ0n) is 10.8. The van der Waals surface area contributed by atoms with E-state index in [0.29, 0.717) is 11.7 Å². The lowest BCUT2D eigenvalue weighted by Crippen LogP contribution is -2.15. The van der Waals surface area contributed by atoms with Gasteiger partial charge in [0.2, 0.25) is 0 Å². The number of nitrogens with one attached hydrogen (secondary N) is 3. The lowest BCUT2D eigenvalue weighted by Gasteiger charge is -2.07. The zero-order valence-corrected chi connectivity index (χ0v) is 11.7. The Labute approximate surface area is 117 Å². The second-order valence-electron chi connectivity index (χ2n) is 4.87. The Bertz CT molecular complexity index is 661. The molecule has 0 saturated heterocycles. The van der Waals surface area contributed by atoms with Crippen LogP contribution in [-0.4, -0.2) is 24.4 Å². The molecule has 3 N–H and O–H groups in total. The van der Waals surface area contributed by atoms with Crippen molar-refractivity contribution in [3.63, 3.8) is 0 Å². The van der Waals surface area contributed by atoms with Gasteiger partial charge in [-0.1, -0.05) is 12.1 Å². The predicted octanol–water partition coefficient (Wildman–Crippen LogP) is 1.46. The molecule has 0 amide bonds. The van der Waals surface area contributed by atoms with Gasteiger partial charge >= 0.3 is 0 Å². The molecule has 7 heteroatoms. The maximum atomic E-state index is 12.0. The fourth-order valence-corrected chi connectivity index (χ4v) is 2.80. The third kappa shape index (κ3) is 3.17. The molecule has 1 aliphatic carbocycles. The summed E-state index contributed by atoms with van der Waals surface area (Å²) < 4.78 is 26.5. The molecule has 106 valence electrons. The van der Waals surface area contributed by atoms with Crippen LogP contribution in [0.5, 0.6) is 0 Å². The number of benzene rings is 1. The molecule has 1 aromatic heterocycles. The standard InChI is InChI=1S/C13H16N4O2S/c18-20(19,13-8-14-9-16-13)17-12-3-1-10(2-4-12)7-15-11-5-6-11/h1-4,8-9,11,15,17H,5-7H2,(H,14,16). The maximum Gasteiger partial charge on any atom is 0.278 e. The first kappa shape index (κ1) is 13.1. The van der Waals surface area contributed by atoms with Gasteiger partial charge in [0.1, 0.15) is 0 Å². The van der Waals surface area contributed by atoms with Crippen LogP contribution in [0.2, 0.25) is 0 Å². The third-order valence-electron chi connectivity index (χ3n) is 3.14. The average molecular weight is 292 g/mol. The Balaban J connectivity index is 1.65. The summed E-state index contributed by atoms with van der Waals surface area (Å²) in [6, 6.07) is 8.02. The summed E-state index contributed by atoms with van der Waals surface area (Å²) in [6.07, 6.45) is 5.11. The van der Waals surface area contributed by atoms with Crippen molar-refractivity contribution in [2.75, 3.05) is 4.72 Å². The molecule has 0 atom stereocenters. The summed E-state index contributed by atoms with van der Waals surface area (Å²) in [5, 5.41) is 3.46. The fraction of sp³-hybridized carbons (Fsp3) is 0.308. The van der Waals surface area contributed by atoms with E-state index in [0.717, 1.165) is 12.1 Å². The van der Waals surface area contributed by atoms with Gasteiger partial charge in [-0.3, -0.25) is 4.72 Å². The lowest BCUT2D eigenvalue weighted by molar-refractivity contribution is 0.598. The molecule has 1 aliphatic rings. The third-order valence-corrected chi connectivity index (χ3v) is 4.45. The van der Waals surface area contributed by atoms with E-state index in [-0.39, 0.29) is 5.03 Å². The monoisotopic (exact) mass is 292 g/mol. The van der Waals surface area contributed by atoms with Crippen LogP contribution in [0.4, 0.5) is 5.69 Å². The van der Waals surface area contributed by atoms with Crippen molar-refractivity contribution < 1.29 is 8.42 Å². The quantitative estimate of drug-likeness (QED) is 0.752. The van der Waals surface area contributed by atoms with Crippen LogP contribution in [0.1, 0.15) is 18.4 Å². The number of sulfonamides is 1. The van der Waals surface area contributed by atoms with E-state index in [2.05, 4.69) is 20.0 Å². The number of imidazole rings is 1. The first-order chi connectivity index (χ1) is 9.63. The van der Waals surface area contributed by atoms with Gasteiger partial charge in [-0.25, -0.2) is 4.98 Å². The van der Waals surface area contributed by atoms with Crippen molar-refractivity contribution in [2.24, 2.45) is 0 Å². The molecule has 1 fully saturated rings. The first-order valence-corrected chi connectivity index (χ1v) is 7.95. The Morgan fingerprint density at radius 3 is 2.60 bits per heavy atom. The van der Waals surface area contributed by atoms with Crippen molar-refractivity contribution in [3.8, 4) is 0 Å². The summed E-state index contributed by atoms with van der Waals surface area (Å²) >= 11 is 0. The van der Waals surface area contributed by atoms with E-state index in [1.807, 2.05) is 12.1 Å². The molecule has 6 nitrogen and oxygen atoms in total. The van der Waals surface area contributed by atoms with Crippen molar-refractivity contribution in [1.82, 2.24) is 15.3 Å². The highest BCUT2D eigenvalue weighted by Crippen LogP contribution is 2.20. The zero-order chi connectivity index (χ0) is 14.0. The van der Waals surface area contributed by atoms with Crippen molar-refractivity contribution >= 4 is 15.7 Å². The van der Waals surface area contributed by atoms with E-state index in [1.54, 1.807) is 12.1 Å². The van der Waals surface area contributed by atoms with Crippen LogP contribution in [0, 0.1) is 0 Å². The van der Waals surface area contributed by atoms with Gasteiger partial charge in [-0.2, -0.15) is 8.42 Å². The topological polar surface area (TPSA) is 86.9 Å². The second-order valence-corrected chi connectivity index (χ2v) is 6.52. The molecule has 0 unspecified atom stereocenters. The van der Waals surface area contributed by atoms with E-state index in [4.69, 9.17) is 0 Å². The van der Waals surface area contributed by atoms with Crippen molar-refractivity contribution in [1.29, 1.82) is 0 Å². The van der Waals surface area contributed by atoms with Crippen LogP contribution >= 0.6 is 0 Å². The van der Waals surface area contributed by atoms with Gasteiger partial charge in [-0.05, 0) is 30.5 Å². The lowest BCUT2D eigenvalue weighted by atomic mass is 10.2. The van der Waals surface area contributed by atoms with Crippen molar-refractivity contribution in [2.45, 2.75) is 30.5 Å². The molecule has 0 spiro atoms. The Kier molecular flexibility index (Phi) is 3.45. The molecule has 2 aromatic rings. The van der Waals surface area contributed by atoms with Crippen LogP contribution in [0.25, 0.3) is 0 Å². The Hall–Kier alpha value is -1.86. The number of rotatable bonds is 6. The number of aromatic nitrogens is 2. The number of H-pyrrole nitrogens is 1. The average Bonchev–Trinajstić information content (AvgIpc) is 3.08. The summed E-state index contributed by atoms with van der Waals surface area (Å²) in [4.78, 5) is 6.29. The number of hydrogen-bond donors (Lipinski definition) is 3. The SMILES string of the molecule is O=S(=O)(Nc1ccc(CNC2CC2)cc1)c1cnc[nH]1. The van der Waals surface area contributed by atoms with Crippen LogP contribution < -0.4 is 10.0 Å². The summed E-state index contributed by atoms with van der Waals surface area (Å²) in [5.74, 6) is 0. The maximum absolute atomic E-state index is 12.0. The van der Waals surface area contributed by atoms with E-state index < -0.39 is 10.0 Å². The molecule has 20 heavy (non-hydrogen) atoms. The van der Waals surface area contributed by atoms with Gasteiger partial charge in [0, 0.05) is 18.3 Å². The number of aromatic amines is 1. The highest BCUT2D eigenvalue weighted by atomic mass is 32.2. The molecule has 1 saturated carbocycles. The molecular formula is C13H16N4O2S. The highest BCUT2D eigenvalue weighted by molar-refractivity contribution is 7.92. The minimum Gasteiger partial charge on any atom is -0.334 e. The number of hydrogen-bond acceptors (Lipinski definition) is 4. The first-order valence-electron chi connectivity index (χ1n) is 6.47. The highest BCUT2D eigenvalue weighted by Gasteiger charge is 2.20. The largest absolute Gasteiger partial charge is 0.334 e. The molecule has 0 aliphatic heterocycles. The summed E-state index contributed by atoms with van der Waals surface area (Å²) in [6.45, 7) is 0.818. The van der Waals surface area contributed by atoms with Crippen LogP contribution in [0.15, 0.2) is 41.8 Å². The van der Waals surface area contributed by atoms with Gasteiger partial charge in [0.25, 0.3) is 10.0 Å². The van der Waals surface area contributed by atoms with E-state index in [9.17, 15) is 8.42 Å². The van der Waals surface area contributed by atoms with Gasteiger partial charge in [-0.15, -0.1) is 0 Å². The van der Waals surface area contributed by atoms with Crippen molar-refractivity contribution in [3.05, 3.63) is 42.4 Å². The van der Waals surface area contributed by atoms with E-state index in [1.165, 1.54) is 25.4 Å². The van der Waals surface area contributed by atoms with Gasteiger partial charge in [0.05, 0.1) is 12.5 Å². The Morgan fingerprint density at radius 1 is 1.25 bits per heavy atom. The fourth-order valence-electron chi connectivity index (χ4n) is 1.84. The predicted molar refractivity (Wildman–Crippen MR) is 75.7 cm³/mol. The molecular weight excluding hydrogens is 276 g/mol. The minimum atomic E-state index is -3.58. The minimum absolute atomic E-state index is 0.0528. The number of anilines is 1. The molecule has 0 bridgehead atoms. The summed E-state index contributed by atoms with van der Waals surface area (Å²) in [5.41, 5.74) is 1.68. The molecule has 1 heterocycles. The van der Waals surface area contributed by atoms with Crippen LogP contribution in [0.3, 0.4) is 0 Å².